The number of aliphatic hydroxyl groups is 2. The minimum Gasteiger partial charge on any atom is -0.549 e. The van der Waals surface area contributed by atoms with E-state index < -0.39 is 23.8 Å². The molecule has 0 amide bonds. The third kappa shape index (κ3) is 33.9. The number of aliphatic carboxylic acids is 2. The summed E-state index contributed by atoms with van der Waals surface area (Å²) < 4.78 is 0. The van der Waals surface area contributed by atoms with Crippen molar-refractivity contribution < 1.29 is 65.8 Å². The van der Waals surface area contributed by atoms with Crippen molar-refractivity contribution in [3.05, 3.63) is 0 Å². The summed E-state index contributed by atoms with van der Waals surface area (Å²) in [6, 6.07) is 0. The number of hydrogen-bond donors (Lipinski definition) is 2. The van der Waals surface area contributed by atoms with E-state index >= 15 is 0 Å². The third-order valence-electron chi connectivity index (χ3n) is 3.73. The summed E-state index contributed by atoms with van der Waals surface area (Å²) in [6.45, 7) is 11.0. The molecule has 182 valence electrons. The minimum absolute atomic E-state index is 0. The van der Waals surface area contributed by atoms with Crippen molar-refractivity contribution in [2.45, 2.75) is 92.9 Å². The molecule has 0 saturated carbocycles. The Balaban J connectivity index is -0.000000101. The van der Waals surface area contributed by atoms with Crippen LogP contribution in [0.1, 0.15) is 92.9 Å². The molecular weight excluding hydrogens is 483 g/mol. The van der Waals surface area contributed by atoms with E-state index in [0.717, 1.165) is 25.7 Å². The van der Waals surface area contributed by atoms with E-state index in [0.29, 0.717) is 38.9 Å². The Labute approximate surface area is 206 Å². The van der Waals surface area contributed by atoms with Crippen LogP contribution in [-0.4, -0.2) is 46.9 Å². The predicted octanol–water partition coefficient (Wildman–Crippen LogP) is 1.04. The fourth-order valence-electron chi connectivity index (χ4n) is 1.87. The second-order valence-corrected chi connectivity index (χ2v) is 6.70. The largest absolute Gasteiger partial charge is 2.00 e. The third-order valence-corrected chi connectivity index (χ3v) is 3.73. The molecule has 0 aromatic rings. The topological polar surface area (TPSA) is 155 Å². The number of Topliss-reactive ketones (excluding diaryl/α,β-unsaturated/α-hetero) is 2. The van der Waals surface area contributed by atoms with Gasteiger partial charge >= 0.3 is 26.2 Å². The van der Waals surface area contributed by atoms with Gasteiger partial charge in [0, 0.05) is 13.2 Å². The van der Waals surface area contributed by atoms with Crippen LogP contribution in [-0.2, 0) is 45.4 Å². The van der Waals surface area contributed by atoms with Crippen LogP contribution in [0.5, 0.6) is 0 Å². The number of carbonyl (C=O) groups is 4. The zero-order valence-electron chi connectivity index (χ0n) is 20.1. The van der Waals surface area contributed by atoms with Gasteiger partial charge in [0.25, 0.3) is 0 Å². The number of ketones is 2. The molecular formula is C22H42O8Zr. The number of carboxylic acid groups (broad SMARTS) is 2. The first kappa shape index (κ1) is 40.4. The molecule has 2 N–H and O–H groups in total. The van der Waals surface area contributed by atoms with Crippen LogP contribution < -0.4 is 10.2 Å². The maximum absolute atomic E-state index is 10.6. The normalized spacial score (nSPS) is 10.8. The van der Waals surface area contributed by atoms with E-state index in [1.807, 2.05) is 13.8 Å². The van der Waals surface area contributed by atoms with Gasteiger partial charge in [-0.25, -0.2) is 0 Å². The Morgan fingerprint density at radius 3 is 0.935 bits per heavy atom. The molecule has 0 aliphatic heterocycles. The van der Waals surface area contributed by atoms with Gasteiger partial charge in [-0.05, 0) is 39.5 Å². The fourth-order valence-corrected chi connectivity index (χ4v) is 1.87. The van der Waals surface area contributed by atoms with Crippen molar-refractivity contribution >= 4 is 23.5 Å². The molecule has 0 aliphatic rings. The molecule has 9 heteroatoms. The summed E-state index contributed by atoms with van der Waals surface area (Å²) in [6.07, 6.45) is 6.23. The molecule has 0 rings (SSSR count). The molecule has 0 saturated heterocycles. The number of aliphatic hydroxyl groups excluding tert-OH is 2. The first-order valence-corrected chi connectivity index (χ1v) is 10.7. The first-order valence-electron chi connectivity index (χ1n) is 10.7. The summed E-state index contributed by atoms with van der Waals surface area (Å²) in [5.74, 6) is -4.94. The van der Waals surface area contributed by atoms with E-state index in [2.05, 4.69) is 13.8 Å². The summed E-state index contributed by atoms with van der Waals surface area (Å²) in [4.78, 5) is 41.5. The van der Waals surface area contributed by atoms with Crippen molar-refractivity contribution in [3.8, 4) is 0 Å². The second kappa shape index (κ2) is 31.3. The van der Waals surface area contributed by atoms with E-state index in [1.165, 1.54) is 13.8 Å². The Hall–Kier alpha value is -0.917. The SMILES string of the molecule is CCCC(C(C)=O)C(=O)[O-].CCCC(C(C)=O)C(=O)[O-].CCCCO.CCCCO.[Zr+2]. The minimum atomic E-state index is -1.26. The van der Waals surface area contributed by atoms with Crippen LogP contribution in [0.4, 0.5) is 0 Å². The van der Waals surface area contributed by atoms with Gasteiger partial charge in [-0.15, -0.1) is 0 Å². The molecule has 0 aromatic carbocycles. The molecule has 0 radical (unpaired) electrons. The first-order chi connectivity index (χ1) is 14.0. The van der Waals surface area contributed by atoms with Gasteiger partial charge in [0.1, 0.15) is 11.6 Å². The zero-order valence-corrected chi connectivity index (χ0v) is 22.5. The van der Waals surface area contributed by atoms with Gasteiger partial charge in [0.15, 0.2) is 0 Å². The van der Waals surface area contributed by atoms with Crippen molar-refractivity contribution in [1.29, 1.82) is 0 Å². The summed E-state index contributed by atoms with van der Waals surface area (Å²) in [7, 11) is 0. The van der Waals surface area contributed by atoms with Crippen LogP contribution in [0.2, 0.25) is 0 Å². The molecule has 31 heavy (non-hydrogen) atoms. The van der Waals surface area contributed by atoms with Gasteiger partial charge in [0.05, 0.1) is 23.8 Å². The summed E-state index contributed by atoms with van der Waals surface area (Å²) in [5, 5.41) is 36.5. The van der Waals surface area contributed by atoms with Gasteiger partial charge in [-0.2, -0.15) is 0 Å². The van der Waals surface area contributed by atoms with E-state index in [9.17, 15) is 29.4 Å². The maximum Gasteiger partial charge on any atom is 2.00 e. The van der Waals surface area contributed by atoms with Crippen LogP contribution in [0, 0.1) is 11.8 Å². The van der Waals surface area contributed by atoms with Gasteiger partial charge in [-0.1, -0.05) is 53.4 Å². The van der Waals surface area contributed by atoms with Crippen LogP contribution in [0.25, 0.3) is 0 Å². The number of rotatable bonds is 12. The predicted molar refractivity (Wildman–Crippen MR) is 112 cm³/mol. The molecule has 0 aromatic heterocycles. The van der Waals surface area contributed by atoms with E-state index in [4.69, 9.17) is 10.2 Å². The second-order valence-electron chi connectivity index (χ2n) is 6.70. The molecule has 0 fully saturated rings. The molecule has 8 nitrogen and oxygen atoms in total. The quantitative estimate of drug-likeness (QED) is 0.358. The molecule has 2 atom stereocenters. The summed E-state index contributed by atoms with van der Waals surface area (Å²) in [5.41, 5.74) is 0. The monoisotopic (exact) mass is 524 g/mol. The maximum atomic E-state index is 10.6. The number of carboxylic acids is 2. The standard InChI is InChI=1S/2C7H12O3.2C4H10O.Zr/c2*1-3-4-6(5(2)8)7(9)10;2*1-2-3-4-5;/h2*6H,3-4H2,1-2H3,(H,9,10);2*5H,2-4H2,1H3;/q;;;;+2/p-2. The molecule has 0 spiro atoms. The van der Waals surface area contributed by atoms with E-state index in [1.54, 1.807) is 0 Å². The van der Waals surface area contributed by atoms with Crippen molar-refractivity contribution in [3.63, 3.8) is 0 Å². The smallest absolute Gasteiger partial charge is 0.549 e. The van der Waals surface area contributed by atoms with Gasteiger partial charge in [0.2, 0.25) is 0 Å². The van der Waals surface area contributed by atoms with E-state index in [-0.39, 0.29) is 37.8 Å². The Morgan fingerprint density at radius 2 is 0.903 bits per heavy atom. The van der Waals surface area contributed by atoms with Gasteiger partial charge < -0.3 is 30.0 Å². The number of carbonyl (C=O) groups excluding carboxylic acids is 4. The average Bonchev–Trinajstić information content (AvgIpc) is 2.66. The van der Waals surface area contributed by atoms with Crippen LogP contribution >= 0.6 is 0 Å². The fraction of sp³-hybridized carbons (Fsp3) is 0.818. The van der Waals surface area contributed by atoms with Crippen LogP contribution in [0.15, 0.2) is 0 Å². The van der Waals surface area contributed by atoms with Crippen molar-refractivity contribution in [2.24, 2.45) is 11.8 Å². The average molecular weight is 526 g/mol. The zero-order chi connectivity index (χ0) is 24.5. The van der Waals surface area contributed by atoms with Crippen LogP contribution in [0.3, 0.4) is 0 Å². The van der Waals surface area contributed by atoms with Crippen molar-refractivity contribution in [2.75, 3.05) is 13.2 Å². The Morgan fingerprint density at radius 1 is 0.645 bits per heavy atom. The molecule has 0 heterocycles. The molecule has 2 unspecified atom stereocenters. The molecule has 0 aliphatic carbocycles. The van der Waals surface area contributed by atoms with Gasteiger partial charge in [-0.3, -0.25) is 9.59 Å². The summed E-state index contributed by atoms with van der Waals surface area (Å²) >= 11 is 0. The van der Waals surface area contributed by atoms with Crippen molar-refractivity contribution in [1.82, 2.24) is 0 Å². The Bertz CT molecular complexity index is 369. The number of hydrogen-bond acceptors (Lipinski definition) is 8. The molecule has 0 bridgehead atoms. The number of unbranched alkanes of at least 4 members (excludes halogenated alkanes) is 2. The Kier molecular flexibility index (Phi) is 40.8.